The van der Waals surface area contributed by atoms with Gasteiger partial charge in [0, 0.05) is 16.1 Å². The highest BCUT2D eigenvalue weighted by atomic mass is 35.5. The van der Waals surface area contributed by atoms with Gasteiger partial charge in [-0.05, 0) is 25.1 Å². The van der Waals surface area contributed by atoms with Crippen molar-refractivity contribution in [2.45, 2.75) is 26.1 Å². The molecule has 0 bridgehead atoms. The van der Waals surface area contributed by atoms with E-state index < -0.39 is 5.97 Å². The number of carbonyl (C=O) groups excluding carboxylic acids is 1. The average molecular weight is 429 g/mol. The van der Waals surface area contributed by atoms with Crippen LogP contribution < -0.4 is 4.90 Å². The maximum atomic E-state index is 12.5. The van der Waals surface area contributed by atoms with Crippen LogP contribution in [0.4, 0.5) is 0 Å². The van der Waals surface area contributed by atoms with Crippen LogP contribution in [0.2, 0.25) is 10.0 Å². The zero-order chi connectivity index (χ0) is 20.6. The van der Waals surface area contributed by atoms with E-state index >= 15 is 0 Å². The Bertz CT molecular complexity index is 891. The van der Waals surface area contributed by atoms with E-state index in [4.69, 9.17) is 27.9 Å². The molecular formula is C24H24Cl2NO2+. The zero-order valence-electron chi connectivity index (χ0n) is 16.3. The molecule has 0 unspecified atom stereocenters. The summed E-state index contributed by atoms with van der Waals surface area (Å²) in [5, 5.41) is 0.786. The Morgan fingerprint density at radius 1 is 0.897 bits per heavy atom. The van der Waals surface area contributed by atoms with E-state index in [0.29, 0.717) is 22.2 Å². The predicted octanol–water partition coefficient (Wildman–Crippen LogP) is 4.82. The van der Waals surface area contributed by atoms with Crippen LogP contribution in [0.5, 0.6) is 0 Å². The van der Waals surface area contributed by atoms with Crippen molar-refractivity contribution in [3.05, 3.63) is 106 Å². The lowest BCUT2D eigenvalue weighted by molar-refractivity contribution is -0.930. The molecule has 3 rings (SSSR count). The minimum absolute atomic E-state index is 0.267. The van der Waals surface area contributed by atoms with Gasteiger partial charge < -0.3 is 9.64 Å². The first-order chi connectivity index (χ1) is 14.0. The Morgan fingerprint density at radius 2 is 1.45 bits per heavy atom. The molecule has 29 heavy (non-hydrogen) atoms. The van der Waals surface area contributed by atoms with E-state index in [1.807, 2.05) is 43.3 Å². The highest BCUT2D eigenvalue weighted by Gasteiger charge is 2.20. The highest BCUT2D eigenvalue weighted by molar-refractivity contribution is 6.36. The first kappa shape index (κ1) is 21.4. The predicted molar refractivity (Wildman–Crippen MR) is 117 cm³/mol. The first-order valence-electron chi connectivity index (χ1n) is 9.58. The summed E-state index contributed by atoms with van der Waals surface area (Å²) in [6.45, 7) is 4.29. The number of ether oxygens (including phenoxy) is 1. The maximum Gasteiger partial charge on any atom is 0.340 e. The fourth-order valence-electron chi connectivity index (χ4n) is 3.33. The summed E-state index contributed by atoms with van der Waals surface area (Å²) in [5.41, 5.74) is 2.82. The standard InChI is InChI=1S/C24H23Cl2NO2/c1-18(29-24(28)22-13-12-21(25)14-23(22)26)15-27(16-19-8-4-2-5-9-19)17-20-10-6-3-7-11-20/h2-14,18H,15-17H2,1H3/p+1/t18-/m1/s1. The van der Waals surface area contributed by atoms with Crippen molar-refractivity contribution in [2.24, 2.45) is 0 Å². The van der Waals surface area contributed by atoms with Crippen molar-refractivity contribution in [3.8, 4) is 0 Å². The number of rotatable bonds is 8. The van der Waals surface area contributed by atoms with Gasteiger partial charge in [-0.25, -0.2) is 4.79 Å². The topological polar surface area (TPSA) is 30.7 Å². The molecule has 1 N–H and O–H groups in total. The Labute approximate surface area is 181 Å². The van der Waals surface area contributed by atoms with Crippen molar-refractivity contribution in [1.29, 1.82) is 0 Å². The van der Waals surface area contributed by atoms with Gasteiger partial charge in [0.2, 0.25) is 0 Å². The summed E-state index contributed by atoms with van der Waals surface area (Å²) in [6.07, 6.45) is -0.267. The normalized spacial score (nSPS) is 12.0. The molecule has 0 aliphatic rings. The van der Waals surface area contributed by atoms with Crippen molar-refractivity contribution >= 4 is 29.2 Å². The fourth-order valence-corrected chi connectivity index (χ4v) is 3.81. The molecular weight excluding hydrogens is 405 g/mol. The molecule has 5 heteroatoms. The average Bonchev–Trinajstić information content (AvgIpc) is 2.69. The van der Waals surface area contributed by atoms with Gasteiger partial charge >= 0.3 is 5.97 Å². The fraction of sp³-hybridized carbons (Fsp3) is 0.208. The zero-order valence-corrected chi connectivity index (χ0v) is 17.8. The third kappa shape index (κ3) is 6.60. The number of hydrogen-bond acceptors (Lipinski definition) is 2. The van der Waals surface area contributed by atoms with Crippen LogP contribution in [0, 0.1) is 0 Å². The third-order valence-electron chi connectivity index (χ3n) is 4.63. The number of carbonyl (C=O) groups is 1. The number of benzene rings is 3. The van der Waals surface area contributed by atoms with Crippen LogP contribution in [0.15, 0.2) is 78.9 Å². The molecule has 0 radical (unpaired) electrons. The third-order valence-corrected chi connectivity index (χ3v) is 5.18. The second-order valence-corrected chi connectivity index (χ2v) is 7.96. The molecule has 0 aliphatic heterocycles. The molecule has 0 heterocycles. The first-order valence-corrected chi connectivity index (χ1v) is 10.3. The molecule has 0 amide bonds. The molecule has 3 aromatic carbocycles. The molecule has 150 valence electrons. The molecule has 0 saturated carbocycles. The summed E-state index contributed by atoms with van der Waals surface area (Å²) in [7, 11) is 0. The minimum atomic E-state index is -0.432. The van der Waals surface area contributed by atoms with Gasteiger partial charge in [0.1, 0.15) is 25.7 Å². The van der Waals surface area contributed by atoms with Gasteiger partial charge in [0.15, 0.2) is 0 Å². The van der Waals surface area contributed by atoms with Gasteiger partial charge in [-0.1, -0.05) is 83.9 Å². The Kier molecular flexibility index (Phi) is 7.70. The number of nitrogens with one attached hydrogen (secondary N) is 1. The van der Waals surface area contributed by atoms with Gasteiger partial charge in [-0.2, -0.15) is 0 Å². The van der Waals surface area contributed by atoms with E-state index in [-0.39, 0.29) is 6.10 Å². The summed E-state index contributed by atoms with van der Waals surface area (Å²) in [4.78, 5) is 13.8. The number of esters is 1. The minimum Gasteiger partial charge on any atom is -0.453 e. The molecule has 0 aliphatic carbocycles. The van der Waals surface area contributed by atoms with Gasteiger partial charge in [0.25, 0.3) is 0 Å². The monoisotopic (exact) mass is 428 g/mol. The summed E-state index contributed by atoms with van der Waals surface area (Å²) in [5.74, 6) is -0.432. The molecule has 0 saturated heterocycles. The number of quaternary nitrogens is 1. The molecule has 0 aromatic heterocycles. The van der Waals surface area contributed by atoms with E-state index in [2.05, 4.69) is 24.3 Å². The highest BCUT2D eigenvalue weighted by Crippen LogP contribution is 2.22. The van der Waals surface area contributed by atoms with Gasteiger partial charge in [0.05, 0.1) is 10.6 Å². The van der Waals surface area contributed by atoms with Crippen molar-refractivity contribution < 1.29 is 14.4 Å². The van der Waals surface area contributed by atoms with Gasteiger partial charge in [-0.15, -0.1) is 0 Å². The molecule has 1 atom stereocenters. The molecule has 0 spiro atoms. The molecule has 3 nitrogen and oxygen atoms in total. The van der Waals surface area contributed by atoms with E-state index in [0.717, 1.165) is 13.1 Å². The lowest BCUT2D eigenvalue weighted by Gasteiger charge is -2.23. The summed E-state index contributed by atoms with van der Waals surface area (Å²) < 4.78 is 5.68. The quantitative estimate of drug-likeness (QED) is 0.521. The van der Waals surface area contributed by atoms with Crippen LogP contribution in [0.25, 0.3) is 0 Å². The number of hydrogen-bond donors (Lipinski definition) is 1. The van der Waals surface area contributed by atoms with Crippen LogP contribution in [0.1, 0.15) is 28.4 Å². The van der Waals surface area contributed by atoms with Crippen LogP contribution >= 0.6 is 23.2 Å². The summed E-state index contributed by atoms with van der Waals surface area (Å²) >= 11 is 12.0. The lowest BCUT2D eigenvalue weighted by atomic mass is 10.1. The van der Waals surface area contributed by atoms with Crippen molar-refractivity contribution in [2.75, 3.05) is 6.54 Å². The van der Waals surface area contributed by atoms with Crippen molar-refractivity contribution in [1.82, 2.24) is 0 Å². The second-order valence-electron chi connectivity index (χ2n) is 7.12. The molecule has 3 aromatic rings. The van der Waals surface area contributed by atoms with E-state index in [9.17, 15) is 4.79 Å². The van der Waals surface area contributed by atoms with E-state index in [1.54, 1.807) is 18.2 Å². The summed E-state index contributed by atoms with van der Waals surface area (Å²) in [6, 6.07) is 25.5. The number of halogens is 2. The Morgan fingerprint density at radius 3 is 1.97 bits per heavy atom. The Hall–Kier alpha value is -2.33. The van der Waals surface area contributed by atoms with Gasteiger partial charge in [-0.3, -0.25) is 0 Å². The van der Waals surface area contributed by atoms with Crippen LogP contribution in [0.3, 0.4) is 0 Å². The van der Waals surface area contributed by atoms with Crippen LogP contribution in [-0.2, 0) is 17.8 Å². The second kappa shape index (κ2) is 10.4. The van der Waals surface area contributed by atoms with Crippen LogP contribution in [-0.4, -0.2) is 18.6 Å². The molecule has 0 fully saturated rings. The maximum absolute atomic E-state index is 12.5. The smallest absolute Gasteiger partial charge is 0.340 e. The largest absolute Gasteiger partial charge is 0.453 e. The Balaban J connectivity index is 1.67. The van der Waals surface area contributed by atoms with Crippen molar-refractivity contribution in [3.63, 3.8) is 0 Å². The SMILES string of the molecule is C[C@H](C[NH+](Cc1ccccc1)Cc1ccccc1)OC(=O)c1ccc(Cl)cc1Cl. The lowest BCUT2D eigenvalue weighted by Crippen LogP contribution is -3.10. The van der Waals surface area contributed by atoms with E-state index in [1.165, 1.54) is 16.0 Å².